The number of aromatic nitrogens is 1. The third-order valence-corrected chi connectivity index (χ3v) is 3.89. The minimum atomic E-state index is -0.865. The van der Waals surface area contributed by atoms with Gasteiger partial charge in [-0.15, -0.1) is 0 Å². The monoisotopic (exact) mass is 343 g/mol. The minimum Gasteiger partial charge on any atom is -0.492 e. The summed E-state index contributed by atoms with van der Waals surface area (Å²) in [6, 6.07) is 1.98. The van der Waals surface area contributed by atoms with E-state index in [0.29, 0.717) is 26.2 Å². The average molecular weight is 344 g/mol. The second-order valence-electron chi connectivity index (χ2n) is 4.68. The van der Waals surface area contributed by atoms with Gasteiger partial charge < -0.3 is 19.6 Å². The highest BCUT2D eigenvalue weighted by Crippen LogP contribution is 2.29. The maximum Gasteiger partial charge on any atom is 0.407 e. The number of rotatable bonds is 3. The Kier molecular flexibility index (Phi) is 4.69. The van der Waals surface area contributed by atoms with Gasteiger partial charge in [0.25, 0.3) is 0 Å². The molecule has 1 aromatic heterocycles. The zero-order valence-corrected chi connectivity index (χ0v) is 13.1. The van der Waals surface area contributed by atoms with Crippen LogP contribution in [0.15, 0.2) is 16.7 Å². The lowest BCUT2D eigenvalue weighted by Crippen LogP contribution is -2.53. The SMILES string of the molecule is CCOc1cc(N2CCN(C(=O)O)CC2C)ncc1Br. The first-order chi connectivity index (χ1) is 9.52. The summed E-state index contributed by atoms with van der Waals surface area (Å²) in [5, 5.41) is 9.03. The summed E-state index contributed by atoms with van der Waals surface area (Å²) in [5.41, 5.74) is 0. The zero-order chi connectivity index (χ0) is 14.7. The molecule has 0 bridgehead atoms. The molecule has 0 aromatic carbocycles. The predicted molar refractivity (Wildman–Crippen MR) is 79.5 cm³/mol. The molecule has 1 atom stereocenters. The maximum atomic E-state index is 11.0. The van der Waals surface area contributed by atoms with Crippen LogP contribution in [0.4, 0.5) is 10.6 Å². The first-order valence-corrected chi connectivity index (χ1v) is 7.35. The quantitative estimate of drug-likeness (QED) is 0.912. The Morgan fingerprint density at radius 3 is 2.95 bits per heavy atom. The molecule has 20 heavy (non-hydrogen) atoms. The number of carboxylic acid groups (broad SMARTS) is 1. The Balaban J connectivity index is 2.16. The predicted octanol–water partition coefficient (Wildman–Crippen LogP) is 2.43. The Morgan fingerprint density at radius 2 is 2.35 bits per heavy atom. The molecule has 0 spiro atoms. The zero-order valence-electron chi connectivity index (χ0n) is 11.5. The molecule has 0 radical (unpaired) electrons. The van der Waals surface area contributed by atoms with E-state index >= 15 is 0 Å². The Morgan fingerprint density at radius 1 is 1.60 bits per heavy atom. The van der Waals surface area contributed by atoms with E-state index in [-0.39, 0.29) is 6.04 Å². The molecular weight excluding hydrogens is 326 g/mol. The number of ether oxygens (including phenoxy) is 1. The van der Waals surface area contributed by atoms with Gasteiger partial charge in [-0.3, -0.25) is 0 Å². The lowest BCUT2D eigenvalue weighted by atomic mass is 10.2. The van der Waals surface area contributed by atoms with Crippen LogP contribution in [0.25, 0.3) is 0 Å². The van der Waals surface area contributed by atoms with Crippen LogP contribution in [0.2, 0.25) is 0 Å². The highest BCUT2D eigenvalue weighted by atomic mass is 79.9. The first-order valence-electron chi connectivity index (χ1n) is 6.55. The van der Waals surface area contributed by atoms with Gasteiger partial charge in [-0.05, 0) is 29.8 Å². The van der Waals surface area contributed by atoms with Crippen molar-refractivity contribution in [2.24, 2.45) is 0 Å². The van der Waals surface area contributed by atoms with E-state index in [4.69, 9.17) is 9.84 Å². The molecule has 1 aliphatic rings. The number of anilines is 1. The molecule has 1 aromatic rings. The maximum absolute atomic E-state index is 11.0. The van der Waals surface area contributed by atoms with Gasteiger partial charge in [-0.25, -0.2) is 9.78 Å². The highest BCUT2D eigenvalue weighted by Gasteiger charge is 2.27. The molecule has 0 aliphatic carbocycles. The van der Waals surface area contributed by atoms with Gasteiger partial charge in [0, 0.05) is 37.9 Å². The van der Waals surface area contributed by atoms with Crippen molar-refractivity contribution in [3.63, 3.8) is 0 Å². The summed E-state index contributed by atoms with van der Waals surface area (Å²) in [6.45, 7) is 6.12. The Labute approximate surface area is 126 Å². The van der Waals surface area contributed by atoms with Crippen molar-refractivity contribution in [3.05, 3.63) is 16.7 Å². The van der Waals surface area contributed by atoms with Crippen LogP contribution in [0.1, 0.15) is 13.8 Å². The molecule has 1 saturated heterocycles. The first kappa shape index (κ1) is 14.9. The van der Waals surface area contributed by atoms with Crippen LogP contribution >= 0.6 is 15.9 Å². The number of hydrogen-bond donors (Lipinski definition) is 1. The highest BCUT2D eigenvalue weighted by molar-refractivity contribution is 9.10. The van der Waals surface area contributed by atoms with Crippen LogP contribution in [-0.2, 0) is 0 Å². The Hall–Kier alpha value is -1.50. The summed E-state index contributed by atoms with van der Waals surface area (Å²) in [7, 11) is 0. The standard InChI is InChI=1S/C13H18BrN3O3/c1-3-20-11-6-12(15-7-10(11)14)17-5-4-16(13(18)19)8-9(17)2/h6-7,9H,3-5,8H2,1-2H3,(H,18,19). The van der Waals surface area contributed by atoms with Crippen LogP contribution in [0.3, 0.4) is 0 Å². The van der Waals surface area contributed by atoms with Crippen molar-refractivity contribution in [3.8, 4) is 5.75 Å². The second kappa shape index (κ2) is 6.30. The number of pyridine rings is 1. The fraction of sp³-hybridized carbons (Fsp3) is 0.538. The number of halogens is 1. The van der Waals surface area contributed by atoms with Gasteiger partial charge in [-0.2, -0.15) is 0 Å². The molecule has 2 rings (SSSR count). The normalized spacial score (nSPS) is 19.1. The van der Waals surface area contributed by atoms with Crippen molar-refractivity contribution in [1.82, 2.24) is 9.88 Å². The largest absolute Gasteiger partial charge is 0.492 e. The smallest absolute Gasteiger partial charge is 0.407 e. The van der Waals surface area contributed by atoms with Crippen molar-refractivity contribution < 1.29 is 14.6 Å². The summed E-state index contributed by atoms with van der Waals surface area (Å²) in [5.74, 6) is 1.57. The van der Waals surface area contributed by atoms with Crippen LogP contribution < -0.4 is 9.64 Å². The van der Waals surface area contributed by atoms with Gasteiger partial charge >= 0.3 is 6.09 Å². The summed E-state index contributed by atoms with van der Waals surface area (Å²) < 4.78 is 6.36. The molecular formula is C13H18BrN3O3. The molecule has 7 heteroatoms. The molecule has 2 heterocycles. The number of carbonyl (C=O) groups is 1. The lowest BCUT2D eigenvalue weighted by Gasteiger charge is -2.39. The van der Waals surface area contributed by atoms with Crippen molar-refractivity contribution in [1.29, 1.82) is 0 Å². The topological polar surface area (TPSA) is 65.9 Å². The summed E-state index contributed by atoms with van der Waals surface area (Å²) in [6.07, 6.45) is 0.853. The van der Waals surface area contributed by atoms with E-state index in [2.05, 4.69) is 25.8 Å². The van der Waals surface area contributed by atoms with Crippen molar-refractivity contribution in [2.45, 2.75) is 19.9 Å². The Bertz CT molecular complexity index is 498. The molecule has 1 aliphatic heterocycles. The van der Waals surface area contributed by atoms with Gasteiger partial charge in [0.2, 0.25) is 0 Å². The summed E-state index contributed by atoms with van der Waals surface area (Å²) in [4.78, 5) is 18.9. The molecule has 6 nitrogen and oxygen atoms in total. The number of hydrogen-bond acceptors (Lipinski definition) is 4. The van der Waals surface area contributed by atoms with E-state index in [1.165, 1.54) is 4.90 Å². The number of amides is 1. The van der Waals surface area contributed by atoms with E-state index < -0.39 is 6.09 Å². The van der Waals surface area contributed by atoms with E-state index in [1.807, 2.05) is 19.9 Å². The fourth-order valence-corrected chi connectivity index (χ4v) is 2.64. The van der Waals surface area contributed by atoms with Crippen LogP contribution in [0.5, 0.6) is 5.75 Å². The molecule has 1 N–H and O–H groups in total. The van der Waals surface area contributed by atoms with E-state index in [1.54, 1.807) is 6.20 Å². The lowest BCUT2D eigenvalue weighted by molar-refractivity contribution is 0.136. The minimum absolute atomic E-state index is 0.0861. The van der Waals surface area contributed by atoms with E-state index in [9.17, 15) is 4.79 Å². The molecule has 1 amide bonds. The van der Waals surface area contributed by atoms with Gasteiger partial charge in [0.15, 0.2) is 0 Å². The molecule has 1 fully saturated rings. The molecule has 1 unspecified atom stereocenters. The van der Waals surface area contributed by atoms with Crippen molar-refractivity contribution in [2.75, 3.05) is 31.1 Å². The van der Waals surface area contributed by atoms with Gasteiger partial charge in [0.05, 0.1) is 11.1 Å². The third kappa shape index (κ3) is 3.15. The van der Waals surface area contributed by atoms with Gasteiger partial charge in [0.1, 0.15) is 11.6 Å². The molecule has 0 saturated carbocycles. The van der Waals surface area contributed by atoms with E-state index in [0.717, 1.165) is 16.0 Å². The average Bonchev–Trinajstić information content (AvgIpc) is 2.41. The van der Waals surface area contributed by atoms with Gasteiger partial charge in [-0.1, -0.05) is 0 Å². The van der Waals surface area contributed by atoms with Crippen LogP contribution in [-0.4, -0.2) is 53.4 Å². The summed E-state index contributed by atoms with van der Waals surface area (Å²) >= 11 is 3.41. The molecule has 110 valence electrons. The number of piperazine rings is 1. The van der Waals surface area contributed by atoms with Crippen LogP contribution in [0, 0.1) is 0 Å². The second-order valence-corrected chi connectivity index (χ2v) is 5.53. The van der Waals surface area contributed by atoms with Crippen molar-refractivity contribution >= 4 is 27.8 Å². The third-order valence-electron chi connectivity index (χ3n) is 3.30. The number of nitrogens with zero attached hydrogens (tertiary/aromatic N) is 3. The fourth-order valence-electron chi connectivity index (χ4n) is 2.30.